The molecule has 24 heavy (non-hydrogen) atoms. The molecule has 2 aromatic carbocycles. The Morgan fingerprint density at radius 2 is 1.92 bits per heavy atom. The van der Waals surface area contributed by atoms with Crippen LogP contribution in [0.3, 0.4) is 0 Å². The SMILES string of the molecule is CC(C)c1cnnn1-c1cccc(NC(=O)c2ccc(I)cc2)c1. The van der Waals surface area contributed by atoms with Crippen molar-refractivity contribution in [3.05, 3.63) is 69.6 Å². The summed E-state index contributed by atoms with van der Waals surface area (Å²) in [6, 6.07) is 15.0. The van der Waals surface area contributed by atoms with Gasteiger partial charge in [0.15, 0.2) is 0 Å². The first-order valence-electron chi connectivity index (χ1n) is 7.62. The summed E-state index contributed by atoms with van der Waals surface area (Å²) >= 11 is 2.21. The quantitative estimate of drug-likeness (QED) is 0.628. The first-order valence-corrected chi connectivity index (χ1v) is 8.70. The van der Waals surface area contributed by atoms with Crippen LogP contribution in [0, 0.1) is 3.57 Å². The first kappa shape index (κ1) is 16.6. The zero-order chi connectivity index (χ0) is 17.1. The molecule has 3 rings (SSSR count). The van der Waals surface area contributed by atoms with E-state index in [4.69, 9.17) is 0 Å². The fraction of sp³-hybridized carbons (Fsp3) is 0.167. The maximum Gasteiger partial charge on any atom is 0.255 e. The molecule has 5 nitrogen and oxygen atoms in total. The first-order chi connectivity index (χ1) is 11.5. The molecule has 0 saturated carbocycles. The number of carbonyl (C=O) groups excluding carboxylic acids is 1. The molecule has 0 aliphatic carbocycles. The Bertz CT molecular complexity index is 855. The molecule has 0 radical (unpaired) electrons. The number of anilines is 1. The van der Waals surface area contributed by atoms with E-state index in [0.29, 0.717) is 11.5 Å². The molecule has 0 aliphatic rings. The molecule has 0 bridgehead atoms. The van der Waals surface area contributed by atoms with Gasteiger partial charge in [0.2, 0.25) is 0 Å². The van der Waals surface area contributed by atoms with Crippen LogP contribution in [-0.4, -0.2) is 20.9 Å². The van der Waals surface area contributed by atoms with Crippen LogP contribution in [0.1, 0.15) is 35.8 Å². The number of aromatic nitrogens is 3. The van der Waals surface area contributed by atoms with E-state index in [0.717, 1.165) is 20.6 Å². The van der Waals surface area contributed by atoms with Crippen LogP contribution in [-0.2, 0) is 0 Å². The molecule has 3 aromatic rings. The summed E-state index contributed by atoms with van der Waals surface area (Å²) in [5, 5.41) is 11.1. The minimum atomic E-state index is -0.133. The highest BCUT2D eigenvalue weighted by Crippen LogP contribution is 2.20. The zero-order valence-corrected chi connectivity index (χ0v) is 15.6. The van der Waals surface area contributed by atoms with Crippen LogP contribution < -0.4 is 5.32 Å². The number of amides is 1. The Balaban J connectivity index is 1.84. The van der Waals surface area contributed by atoms with Gasteiger partial charge in [0, 0.05) is 14.8 Å². The lowest BCUT2D eigenvalue weighted by molar-refractivity contribution is 0.102. The minimum absolute atomic E-state index is 0.133. The van der Waals surface area contributed by atoms with E-state index in [1.807, 2.05) is 48.5 Å². The third-order valence-corrected chi connectivity index (χ3v) is 4.34. The molecule has 0 fully saturated rings. The van der Waals surface area contributed by atoms with E-state index in [1.165, 1.54) is 0 Å². The molecule has 122 valence electrons. The van der Waals surface area contributed by atoms with Gasteiger partial charge >= 0.3 is 0 Å². The van der Waals surface area contributed by atoms with Gasteiger partial charge in [-0.1, -0.05) is 25.1 Å². The van der Waals surface area contributed by atoms with Gasteiger partial charge in [0.25, 0.3) is 5.91 Å². The molecule has 0 aliphatic heterocycles. The normalized spacial score (nSPS) is 10.8. The van der Waals surface area contributed by atoms with Gasteiger partial charge in [-0.25, -0.2) is 4.68 Å². The van der Waals surface area contributed by atoms with Gasteiger partial charge in [-0.15, -0.1) is 5.10 Å². The van der Waals surface area contributed by atoms with Crippen molar-refractivity contribution in [2.45, 2.75) is 19.8 Å². The number of benzene rings is 2. The number of nitrogens with zero attached hydrogens (tertiary/aromatic N) is 3. The third kappa shape index (κ3) is 3.64. The Morgan fingerprint density at radius 3 is 2.62 bits per heavy atom. The predicted octanol–water partition coefficient (Wildman–Crippen LogP) is 4.25. The predicted molar refractivity (Wildman–Crippen MR) is 103 cm³/mol. The summed E-state index contributed by atoms with van der Waals surface area (Å²) in [6.45, 7) is 4.19. The number of carbonyl (C=O) groups is 1. The smallest absolute Gasteiger partial charge is 0.255 e. The fourth-order valence-corrected chi connectivity index (χ4v) is 2.72. The van der Waals surface area contributed by atoms with E-state index in [2.05, 4.69) is 52.1 Å². The van der Waals surface area contributed by atoms with Gasteiger partial charge in [0.1, 0.15) is 0 Å². The molecule has 1 N–H and O–H groups in total. The lowest BCUT2D eigenvalue weighted by Crippen LogP contribution is -2.12. The van der Waals surface area contributed by atoms with E-state index in [9.17, 15) is 4.79 Å². The highest BCUT2D eigenvalue weighted by atomic mass is 127. The number of nitrogens with one attached hydrogen (secondary N) is 1. The third-order valence-electron chi connectivity index (χ3n) is 3.62. The number of hydrogen-bond donors (Lipinski definition) is 1. The monoisotopic (exact) mass is 432 g/mol. The van der Waals surface area contributed by atoms with E-state index >= 15 is 0 Å². The van der Waals surface area contributed by atoms with Crippen molar-refractivity contribution in [2.24, 2.45) is 0 Å². The molecule has 0 saturated heterocycles. The Hall–Kier alpha value is -2.22. The molecule has 1 heterocycles. The van der Waals surface area contributed by atoms with Crippen LogP contribution in [0.5, 0.6) is 0 Å². The van der Waals surface area contributed by atoms with E-state index < -0.39 is 0 Å². The molecule has 1 aromatic heterocycles. The zero-order valence-electron chi connectivity index (χ0n) is 13.4. The van der Waals surface area contributed by atoms with Gasteiger partial charge in [-0.2, -0.15) is 0 Å². The Labute approximate surface area is 154 Å². The Kier molecular flexibility index (Phi) is 4.94. The van der Waals surface area contributed by atoms with E-state index in [-0.39, 0.29) is 5.91 Å². The highest BCUT2D eigenvalue weighted by Gasteiger charge is 2.11. The minimum Gasteiger partial charge on any atom is -0.322 e. The number of hydrogen-bond acceptors (Lipinski definition) is 3. The maximum absolute atomic E-state index is 12.4. The molecular formula is C18H17IN4O. The standard InChI is InChI=1S/C18H17IN4O/c1-12(2)17-11-20-22-23(17)16-5-3-4-15(10-16)21-18(24)13-6-8-14(19)9-7-13/h3-12H,1-2H3,(H,21,24). The molecule has 0 atom stereocenters. The van der Waals surface area contributed by atoms with Gasteiger partial charge in [0.05, 0.1) is 17.6 Å². The van der Waals surface area contributed by atoms with E-state index in [1.54, 1.807) is 10.9 Å². The van der Waals surface area contributed by atoms with Crippen LogP contribution >= 0.6 is 22.6 Å². The summed E-state index contributed by atoms with van der Waals surface area (Å²) in [5.74, 6) is 0.177. The lowest BCUT2D eigenvalue weighted by Gasteiger charge is -2.11. The van der Waals surface area contributed by atoms with Crippen molar-refractivity contribution >= 4 is 34.2 Å². The average molecular weight is 432 g/mol. The largest absolute Gasteiger partial charge is 0.322 e. The maximum atomic E-state index is 12.4. The Morgan fingerprint density at radius 1 is 1.17 bits per heavy atom. The summed E-state index contributed by atoms with van der Waals surface area (Å²) in [7, 11) is 0. The molecule has 0 spiro atoms. The lowest BCUT2D eigenvalue weighted by atomic mass is 10.1. The van der Waals surface area contributed by atoms with Gasteiger partial charge in [-0.3, -0.25) is 4.79 Å². The summed E-state index contributed by atoms with van der Waals surface area (Å²) in [5.41, 5.74) is 3.25. The summed E-state index contributed by atoms with van der Waals surface area (Å²) < 4.78 is 2.89. The van der Waals surface area contributed by atoms with Crippen molar-refractivity contribution in [2.75, 3.05) is 5.32 Å². The second kappa shape index (κ2) is 7.12. The molecule has 6 heteroatoms. The van der Waals surface area contributed by atoms with Gasteiger partial charge in [-0.05, 0) is 71.0 Å². The number of rotatable bonds is 4. The van der Waals surface area contributed by atoms with Crippen LogP contribution in [0.25, 0.3) is 5.69 Å². The number of halogens is 1. The topological polar surface area (TPSA) is 59.8 Å². The van der Waals surface area contributed by atoms with Crippen molar-refractivity contribution in [3.63, 3.8) is 0 Å². The average Bonchev–Trinajstić information content (AvgIpc) is 3.05. The molecule has 0 unspecified atom stereocenters. The molecular weight excluding hydrogens is 415 g/mol. The summed E-state index contributed by atoms with van der Waals surface area (Å²) in [4.78, 5) is 12.4. The second-order valence-corrected chi connectivity index (χ2v) is 6.98. The second-order valence-electron chi connectivity index (χ2n) is 5.74. The fourth-order valence-electron chi connectivity index (χ4n) is 2.36. The van der Waals surface area contributed by atoms with Crippen LogP contribution in [0.2, 0.25) is 0 Å². The highest BCUT2D eigenvalue weighted by molar-refractivity contribution is 14.1. The molecule has 1 amide bonds. The van der Waals surface area contributed by atoms with Crippen LogP contribution in [0.4, 0.5) is 5.69 Å². The summed E-state index contributed by atoms with van der Waals surface area (Å²) in [6.07, 6.45) is 1.77. The van der Waals surface area contributed by atoms with Crippen molar-refractivity contribution < 1.29 is 4.79 Å². The van der Waals surface area contributed by atoms with Crippen molar-refractivity contribution in [1.82, 2.24) is 15.0 Å². The van der Waals surface area contributed by atoms with Crippen LogP contribution in [0.15, 0.2) is 54.7 Å². The van der Waals surface area contributed by atoms with Crippen molar-refractivity contribution in [1.29, 1.82) is 0 Å². The van der Waals surface area contributed by atoms with Gasteiger partial charge < -0.3 is 5.32 Å². The van der Waals surface area contributed by atoms with Crippen molar-refractivity contribution in [3.8, 4) is 5.69 Å².